The first-order valence-electron chi connectivity index (χ1n) is 7.33. The molecule has 3 rings (SSSR count). The van der Waals surface area contributed by atoms with Gasteiger partial charge in [-0.2, -0.15) is 0 Å². The summed E-state index contributed by atoms with van der Waals surface area (Å²) in [5.41, 5.74) is 0.898. The number of ether oxygens (including phenoxy) is 2. The zero-order valence-corrected chi connectivity index (χ0v) is 12.5. The smallest absolute Gasteiger partial charge is 0.410 e. The molecule has 1 aromatic rings. The normalized spacial score (nSPS) is 25.6. The van der Waals surface area contributed by atoms with E-state index in [4.69, 9.17) is 9.47 Å². The molecular weight excluding hydrogens is 270 g/mol. The largest absolute Gasteiger partial charge is 0.481 e. The van der Waals surface area contributed by atoms with Gasteiger partial charge < -0.3 is 9.47 Å². The summed E-state index contributed by atoms with van der Waals surface area (Å²) in [7, 11) is 1.64. The van der Waals surface area contributed by atoms with Gasteiger partial charge in [0.05, 0.1) is 12.6 Å². The minimum absolute atomic E-state index is 0.171. The third-order valence-corrected chi connectivity index (χ3v) is 4.51. The monoisotopic (exact) mass is 291 g/mol. The molecule has 21 heavy (non-hydrogen) atoms. The highest BCUT2D eigenvalue weighted by Crippen LogP contribution is 2.32. The lowest BCUT2D eigenvalue weighted by Crippen LogP contribution is -2.60. The number of carbonyl (C=O) groups excluding carboxylic acids is 1. The molecule has 6 heteroatoms. The Bertz CT molecular complexity index is 537. The van der Waals surface area contributed by atoms with E-state index in [1.165, 1.54) is 0 Å². The van der Waals surface area contributed by atoms with Crippen LogP contribution in [-0.4, -0.2) is 59.8 Å². The van der Waals surface area contributed by atoms with Crippen molar-refractivity contribution in [1.29, 1.82) is 0 Å². The molecule has 3 heterocycles. The number of rotatable bonds is 4. The minimum atomic E-state index is -0.176. The third-order valence-electron chi connectivity index (χ3n) is 4.51. The van der Waals surface area contributed by atoms with Gasteiger partial charge in [0.25, 0.3) is 0 Å². The average Bonchev–Trinajstić information content (AvgIpc) is 2.85. The zero-order chi connectivity index (χ0) is 14.9. The fraction of sp³-hybridized carbons (Fsp3) is 0.600. The van der Waals surface area contributed by atoms with E-state index in [9.17, 15) is 4.79 Å². The highest BCUT2D eigenvalue weighted by molar-refractivity contribution is 5.71. The van der Waals surface area contributed by atoms with Crippen LogP contribution in [0.25, 0.3) is 0 Å². The van der Waals surface area contributed by atoms with Gasteiger partial charge in [0.2, 0.25) is 5.88 Å². The maximum atomic E-state index is 11.8. The molecule has 1 aromatic heterocycles. The van der Waals surface area contributed by atoms with Crippen LogP contribution in [0, 0.1) is 0 Å². The number of aromatic nitrogens is 1. The number of cyclic esters (lactones) is 1. The van der Waals surface area contributed by atoms with Crippen molar-refractivity contribution in [3.8, 4) is 5.88 Å². The molecule has 2 aliphatic rings. The molecule has 1 amide bonds. The van der Waals surface area contributed by atoms with Crippen molar-refractivity contribution >= 4 is 6.09 Å². The second kappa shape index (κ2) is 5.52. The molecule has 1 unspecified atom stereocenters. The van der Waals surface area contributed by atoms with E-state index < -0.39 is 0 Å². The molecule has 2 saturated heterocycles. The Labute approximate surface area is 124 Å². The second-order valence-corrected chi connectivity index (χ2v) is 5.67. The highest BCUT2D eigenvalue weighted by atomic mass is 16.6. The van der Waals surface area contributed by atoms with Gasteiger partial charge in [-0.15, -0.1) is 0 Å². The summed E-state index contributed by atoms with van der Waals surface area (Å²) in [5, 5.41) is 0. The van der Waals surface area contributed by atoms with E-state index >= 15 is 0 Å². The number of pyridine rings is 1. The highest BCUT2D eigenvalue weighted by Gasteiger charge is 2.49. The maximum absolute atomic E-state index is 11.8. The van der Waals surface area contributed by atoms with Gasteiger partial charge in [-0.25, -0.2) is 9.78 Å². The molecule has 1 atom stereocenters. The average molecular weight is 291 g/mol. The van der Waals surface area contributed by atoms with Gasteiger partial charge in [0, 0.05) is 37.9 Å². The van der Waals surface area contributed by atoms with Crippen LogP contribution in [0.5, 0.6) is 5.88 Å². The third kappa shape index (κ3) is 2.44. The lowest BCUT2D eigenvalue weighted by atomic mass is 9.92. The van der Waals surface area contributed by atoms with Crippen LogP contribution in [0.1, 0.15) is 18.9 Å². The number of nitrogens with zero attached hydrogens (tertiary/aromatic N) is 3. The zero-order valence-electron chi connectivity index (χ0n) is 12.5. The molecule has 0 N–H and O–H groups in total. The Hall–Kier alpha value is -1.82. The van der Waals surface area contributed by atoms with Crippen molar-refractivity contribution in [2.24, 2.45) is 0 Å². The fourth-order valence-corrected chi connectivity index (χ4v) is 3.25. The van der Waals surface area contributed by atoms with Gasteiger partial charge in [0.15, 0.2) is 0 Å². The first-order valence-corrected chi connectivity index (χ1v) is 7.33. The van der Waals surface area contributed by atoms with Crippen LogP contribution < -0.4 is 4.74 Å². The van der Waals surface area contributed by atoms with Crippen molar-refractivity contribution in [1.82, 2.24) is 14.8 Å². The first kappa shape index (κ1) is 14.1. The molecule has 6 nitrogen and oxygen atoms in total. The maximum Gasteiger partial charge on any atom is 0.410 e. The molecule has 0 spiro atoms. The number of carbonyl (C=O) groups is 1. The summed E-state index contributed by atoms with van der Waals surface area (Å²) in [5.74, 6) is 0.671. The number of amides is 1. The minimum Gasteiger partial charge on any atom is -0.481 e. The second-order valence-electron chi connectivity index (χ2n) is 5.67. The van der Waals surface area contributed by atoms with Gasteiger partial charge in [-0.3, -0.25) is 9.80 Å². The summed E-state index contributed by atoms with van der Waals surface area (Å²) in [6, 6.07) is 3.96. The lowest BCUT2D eigenvalue weighted by molar-refractivity contribution is 0.0445. The lowest BCUT2D eigenvalue weighted by Gasteiger charge is -2.44. The Morgan fingerprint density at radius 2 is 2.33 bits per heavy atom. The predicted molar refractivity (Wildman–Crippen MR) is 77.1 cm³/mol. The van der Waals surface area contributed by atoms with Crippen molar-refractivity contribution in [3.05, 3.63) is 23.9 Å². The van der Waals surface area contributed by atoms with Gasteiger partial charge in [-0.05, 0) is 12.5 Å². The van der Waals surface area contributed by atoms with E-state index in [0.717, 1.165) is 38.2 Å². The Balaban J connectivity index is 1.75. The SMILES string of the molecule is CCC12COC(=O)N1CCN(Cc1cccnc1OC)C2. The van der Waals surface area contributed by atoms with E-state index in [2.05, 4.69) is 16.8 Å². The quantitative estimate of drug-likeness (QED) is 0.841. The summed E-state index contributed by atoms with van der Waals surface area (Å²) in [6.45, 7) is 5.77. The molecule has 0 aliphatic carbocycles. The van der Waals surface area contributed by atoms with Crippen LogP contribution in [0.2, 0.25) is 0 Å². The summed E-state index contributed by atoms with van der Waals surface area (Å²) >= 11 is 0. The molecule has 0 radical (unpaired) electrons. The van der Waals surface area contributed by atoms with E-state index in [1.807, 2.05) is 17.0 Å². The van der Waals surface area contributed by atoms with Crippen LogP contribution in [0.15, 0.2) is 18.3 Å². The van der Waals surface area contributed by atoms with Crippen molar-refractivity contribution in [3.63, 3.8) is 0 Å². The number of methoxy groups -OCH3 is 1. The van der Waals surface area contributed by atoms with E-state index in [0.29, 0.717) is 12.5 Å². The van der Waals surface area contributed by atoms with Crippen LogP contribution in [-0.2, 0) is 11.3 Å². The van der Waals surface area contributed by atoms with Crippen LogP contribution >= 0.6 is 0 Å². The summed E-state index contributed by atoms with van der Waals surface area (Å²) < 4.78 is 10.6. The summed E-state index contributed by atoms with van der Waals surface area (Å²) in [6.07, 6.45) is 2.46. The predicted octanol–water partition coefficient (Wildman–Crippen LogP) is 1.51. The first-order chi connectivity index (χ1) is 10.2. The molecule has 0 bridgehead atoms. The van der Waals surface area contributed by atoms with Crippen LogP contribution in [0.4, 0.5) is 4.79 Å². The fourth-order valence-electron chi connectivity index (χ4n) is 3.25. The Morgan fingerprint density at radius 1 is 1.48 bits per heavy atom. The standard InChI is InChI=1S/C15H21N3O3/c1-3-15-10-17(7-8-18(15)14(19)21-11-15)9-12-5-4-6-16-13(12)20-2/h4-6H,3,7-11H2,1-2H3. The molecule has 0 saturated carbocycles. The number of hydrogen-bond donors (Lipinski definition) is 0. The van der Waals surface area contributed by atoms with Gasteiger partial charge in [-0.1, -0.05) is 13.0 Å². The molecule has 0 aromatic carbocycles. The number of piperazine rings is 1. The topological polar surface area (TPSA) is 54.9 Å². The Kier molecular flexibility index (Phi) is 3.71. The number of fused-ring (bicyclic) bond motifs is 1. The van der Waals surface area contributed by atoms with Crippen molar-refractivity contribution in [2.75, 3.05) is 33.4 Å². The van der Waals surface area contributed by atoms with Crippen molar-refractivity contribution < 1.29 is 14.3 Å². The molecule has 2 aliphatic heterocycles. The van der Waals surface area contributed by atoms with Gasteiger partial charge >= 0.3 is 6.09 Å². The van der Waals surface area contributed by atoms with Crippen LogP contribution in [0.3, 0.4) is 0 Å². The Morgan fingerprint density at radius 3 is 3.10 bits per heavy atom. The summed E-state index contributed by atoms with van der Waals surface area (Å²) in [4.78, 5) is 20.3. The van der Waals surface area contributed by atoms with Crippen molar-refractivity contribution in [2.45, 2.75) is 25.4 Å². The van der Waals surface area contributed by atoms with E-state index in [1.54, 1.807) is 13.3 Å². The molecule has 114 valence electrons. The van der Waals surface area contributed by atoms with Gasteiger partial charge in [0.1, 0.15) is 6.61 Å². The molecule has 2 fully saturated rings. The molecular formula is C15H21N3O3. The number of hydrogen-bond acceptors (Lipinski definition) is 5. The van der Waals surface area contributed by atoms with E-state index in [-0.39, 0.29) is 11.6 Å².